The fourth-order valence-electron chi connectivity index (χ4n) is 1.09. The van der Waals surface area contributed by atoms with Crippen LogP contribution in [0.2, 0.25) is 0 Å². The summed E-state index contributed by atoms with van der Waals surface area (Å²) in [6, 6.07) is 0. The van der Waals surface area contributed by atoms with E-state index >= 15 is 0 Å². The molecule has 0 spiro atoms. The number of thioether (sulfide) groups is 1. The zero-order chi connectivity index (χ0) is 9.42. The topological polar surface area (TPSA) is 72.5 Å². The molecule has 4 nitrogen and oxygen atoms in total. The Morgan fingerprint density at radius 3 is 2.92 bits per heavy atom. The van der Waals surface area contributed by atoms with Crippen LogP contribution in [0.25, 0.3) is 0 Å². The van der Waals surface area contributed by atoms with Crippen molar-refractivity contribution in [1.29, 1.82) is 0 Å². The van der Waals surface area contributed by atoms with Gasteiger partial charge in [-0.25, -0.2) is 0 Å². The van der Waals surface area contributed by atoms with E-state index in [1.165, 1.54) is 17.8 Å². The predicted octanol–water partition coefficient (Wildman–Crippen LogP) is -0.0783. The minimum Gasteiger partial charge on any atom is -0.301 e. The third-order valence-corrected chi connectivity index (χ3v) is 3.20. The summed E-state index contributed by atoms with van der Waals surface area (Å²) >= 11 is 1.36. The maximum absolute atomic E-state index is 10.6. The van der Waals surface area contributed by atoms with Gasteiger partial charge in [-0.2, -0.15) is 8.42 Å². The highest BCUT2D eigenvalue weighted by atomic mass is 32.2. The molecule has 1 aliphatic carbocycles. The van der Waals surface area contributed by atoms with Gasteiger partial charge in [0, 0.05) is 4.91 Å². The quantitative estimate of drug-likeness (QED) is 0.572. The molecule has 13 heavy (non-hydrogen) atoms. The number of rotatable bonds is 0. The van der Waals surface area contributed by atoms with Gasteiger partial charge in [0.2, 0.25) is 10.3 Å². The summed E-state index contributed by atoms with van der Waals surface area (Å²) in [6.45, 7) is 0. The van der Waals surface area contributed by atoms with Crippen molar-refractivity contribution in [3.63, 3.8) is 0 Å². The van der Waals surface area contributed by atoms with Gasteiger partial charge >= 0.3 is 0 Å². The van der Waals surface area contributed by atoms with Crippen molar-refractivity contribution in [2.45, 2.75) is 5.50 Å². The molecule has 0 aromatic rings. The number of allylic oxidation sites excluding steroid dienone is 4. The molecule has 2 rings (SSSR count). The Bertz CT molecular complexity index is 463. The summed E-state index contributed by atoms with van der Waals surface area (Å²) in [4.78, 5) is 5.19. The minimum atomic E-state index is -2.18. The van der Waals surface area contributed by atoms with Crippen molar-refractivity contribution in [2.75, 3.05) is 0 Å². The van der Waals surface area contributed by atoms with E-state index in [9.17, 15) is 8.42 Å². The van der Waals surface area contributed by atoms with Crippen molar-refractivity contribution in [3.05, 3.63) is 23.1 Å². The van der Waals surface area contributed by atoms with Crippen LogP contribution >= 0.6 is 11.8 Å². The zero-order valence-corrected chi connectivity index (χ0v) is 8.10. The normalized spacial score (nSPS) is 25.3. The maximum atomic E-state index is 10.6. The molecular weight excluding hydrogens is 208 g/mol. The van der Waals surface area contributed by atoms with E-state index in [0.717, 1.165) is 10.6 Å². The van der Waals surface area contributed by atoms with E-state index in [1.54, 1.807) is 12.2 Å². The summed E-state index contributed by atoms with van der Waals surface area (Å²) in [6.07, 6.45) is 4.77. The standard InChI is InChI=1S/C7H6N2O2S2/c8-7-9-5-2-1-4(13(10)11)3-6(5)12-7/h1-3,7H,8H2. The molecule has 0 amide bonds. The molecule has 2 aliphatic rings. The average molecular weight is 214 g/mol. The first-order chi connectivity index (χ1) is 6.16. The van der Waals surface area contributed by atoms with Crippen molar-refractivity contribution >= 4 is 32.6 Å². The van der Waals surface area contributed by atoms with Gasteiger partial charge in [0.05, 0.1) is 10.6 Å². The van der Waals surface area contributed by atoms with Gasteiger partial charge in [0.25, 0.3) is 0 Å². The van der Waals surface area contributed by atoms with Crippen LogP contribution in [0, 0.1) is 0 Å². The Morgan fingerprint density at radius 1 is 1.46 bits per heavy atom. The minimum absolute atomic E-state index is 0.274. The lowest BCUT2D eigenvalue weighted by Crippen LogP contribution is -2.07. The molecule has 0 aromatic carbocycles. The second kappa shape index (κ2) is 3.13. The number of hydrogen-bond acceptors (Lipinski definition) is 5. The molecule has 0 fully saturated rings. The molecule has 0 aromatic heterocycles. The lowest BCUT2D eigenvalue weighted by atomic mass is 10.2. The Balaban J connectivity index is 2.50. The lowest BCUT2D eigenvalue weighted by molar-refractivity contribution is 0.627. The van der Waals surface area contributed by atoms with E-state index < -0.39 is 10.3 Å². The van der Waals surface area contributed by atoms with Crippen LogP contribution < -0.4 is 5.73 Å². The Hall–Kier alpha value is -0.850. The molecule has 1 heterocycles. The third kappa shape index (κ3) is 1.60. The molecule has 1 atom stereocenters. The average Bonchev–Trinajstić information content (AvgIpc) is 2.42. The van der Waals surface area contributed by atoms with E-state index in [-0.39, 0.29) is 10.4 Å². The molecule has 1 unspecified atom stereocenters. The monoisotopic (exact) mass is 214 g/mol. The summed E-state index contributed by atoms with van der Waals surface area (Å²) in [5.41, 5.74) is 6.02. The van der Waals surface area contributed by atoms with Crippen LogP contribution in [0.4, 0.5) is 0 Å². The molecule has 1 aliphatic heterocycles. The Labute approximate surface area is 80.8 Å². The molecule has 0 radical (unpaired) electrons. The van der Waals surface area contributed by atoms with Crippen LogP contribution in [-0.2, 0) is 10.3 Å². The molecular formula is C7H6N2O2S2. The van der Waals surface area contributed by atoms with Crippen molar-refractivity contribution in [3.8, 4) is 0 Å². The smallest absolute Gasteiger partial charge is 0.221 e. The fraction of sp³-hybridized carbons (Fsp3) is 0.143. The highest BCUT2D eigenvalue weighted by Gasteiger charge is 2.21. The fourth-order valence-corrected chi connectivity index (χ4v) is 2.42. The third-order valence-electron chi connectivity index (χ3n) is 1.64. The summed E-state index contributed by atoms with van der Waals surface area (Å²) in [7, 11) is -2.18. The lowest BCUT2D eigenvalue weighted by Gasteiger charge is -2.01. The predicted molar refractivity (Wildman–Crippen MR) is 54.2 cm³/mol. The van der Waals surface area contributed by atoms with E-state index in [1.807, 2.05) is 0 Å². The molecule has 68 valence electrons. The van der Waals surface area contributed by atoms with E-state index in [2.05, 4.69) is 4.99 Å². The molecule has 0 saturated carbocycles. The Kier molecular flexibility index (Phi) is 2.10. The molecule has 2 N–H and O–H groups in total. The van der Waals surface area contributed by atoms with Gasteiger partial charge in [-0.15, -0.1) is 0 Å². The second-order valence-electron chi connectivity index (χ2n) is 2.50. The summed E-state index contributed by atoms with van der Waals surface area (Å²) < 4.78 is 21.2. The van der Waals surface area contributed by atoms with Crippen LogP contribution in [-0.4, -0.2) is 24.5 Å². The van der Waals surface area contributed by atoms with Crippen LogP contribution in [0.15, 0.2) is 28.1 Å². The number of aliphatic imine (C=N–C) groups is 1. The molecule has 6 heteroatoms. The van der Waals surface area contributed by atoms with Crippen molar-refractivity contribution < 1.29 is 8.42 Å². The van der Waals surface area contributed by atoms with Gasteiger partial charge in [-0.1, -0.05) is 11.8 Å². The SMILES string of the molecule is NC1N=C2C=CC(=S(=O)=O)C=C2S1. The molecule has 0 saturated heterocycles. The summed E-state index contributed by atoms with van der Waals surface area (Å²) in [5.74, 6) is 0. The first-order valence-corrected chi connectivity index (χ1v) is 5.49. The first-order valence-electron chi connectivity index (χ1n) is 3.53. The maximum Gasteiger partial charge on any atom is 0.221 e. The summed E-state index contributed by atoms with van der Waals surface area (Å²) in [5, 5.41) is 0. The van der Waals surface area contributed by atoms with Gasteiger partial charge in [-0.3, -0.25) is 4.99 Å². The Morgan fingerprint density at radius 2 is 2.23 bits per heavy atom. The first kappa shape index (κ1) is 8.74. The van der Waals surface area contributed by atoms with Crippen LogP contribution in [0.5, 0.6) is 0 Å². The van der Waals surface area contributed by atoms with E-state index in [4.69, 9.17) is 5.73 Å². The van der Waals surface area contributed by atoms with Gasteiger partial charge < -0.3 is 5.73 Å². The van der Waals surface area contributed by atoms with Gasteiger partial charge in [-0.05, 0) is 18.2 Å². The highest BCUT2D eigenvalue weighted by Crippen LogP contribution is 2.30. The number of hydrogen-bond donors (Lipinski definition) is 1. The van der Waals surface area contributed by atoms with Crippen molar-refractivity contribution in [2.24, 2.45) is 10.7 Å². The molecule has 0 bridgehead atoms. The van der Waals surface area contributed by atoms with Gasteiger partial charge in [0.1, 0.15) is 5.50 Å². The number of nitrogens with zero attached hydrogens (tertiary/aromatic N) is 1. The van der Waals surface area contributed by atoms with E-state index in [0.29, 0.717) is 0 Å². The van der Waals surface area contributed by atoms with Crippen LogP contribution in [0.3, 0.4) is 0 Å². The number of nitrogens with two attached hydrogens (primary N) is 1. The van der Waals surface area contributed by atoms with Gasteiger partial charge in [0.15, 0.2) is 0 Å². The number of fused-ring (bicyclic) bond motifs is 1. The largest absolute Gasteiger partial charge is 0.301 e. The highest BCUT2D eigenvalue weighted by molar-refractivity contribution is 8.05. The zero-order valence-electron chi connectivity index (χ0n) is 6.47. The second-order valence-corrected chi connectivity index (χ2v) is 4.60. The van der Waals surface area contributed by atoms with Crippen molar-refractivity contribution in [1.82, 2.24) is 0 Å². The van der Waals surface area contributed by atoms with Crippen LogP contribution in [0.1, 0.15) is 0 Å².